The number of nitrogens with zero attached hydrogens (tertiary/aromatic N) is 4. The predicted molar refractivity (Wildman–Crippen MR) is 124 cm³/mol. The van der Waals surface area contributed by atoms with Crippen molar-refractivity contribution in [2.75, 3.05) is 10.2 Å². The third-order valence-corrected chi connectivity index (χ3v) is 6.86. The highest BCUT2D eigenvalue weighted by Gasteiger charge is 2.41. The van der Waals surface area contributed by atoms with E-state index in [-0.39, 0.29) is 6.10 Å². The molecule has 2 saturated heterocycles. The topological polar surface area (TPSA) is 65.6 Å². The van der Waals surface area contributed by atoms with Gasteiger partial charge in [0.1, 0.15) is 0 Å². The number of nitrogens with one attached hydrogen (secondary N) is 1. The summed E-state index contributed by atoms with van der Waals surface area (Å²) in [6, 6.07) is 12.8. The summed E-state index contributed by atoms with van der Waals surface area (Å²) in [5.41, 5.74) is 4.33. The third-order valence-electron chi connectivity index (χ3n) is 6.86. The largest absolute Gasteiger partial charge is 0.393 e. The molecule has 2 fully saturated rings. The standard InChI is InChI=1S/C25H27N5O/c1-15-4-5-17(10-16(15)2)14-27-24-23-11-18(26-3)6-9-22(23)25(29-28-24)30-19-7-8-20(30)13-21(31)12-19/h4-6,9-11,19-21,31H,7-8,12-14H2,1-2H3,(H,27,28). The van der Waals surface area contributed by atoms with Gasteiger partial charge in [0.2, 0.25) is 0 Å². The van der Waals surface area contributed by atoms with Crippen LogP contribution in [0.15, 0.2) is 36.4 Å². The number of rotatable bonds is 4. The summed E-state index contributed by atoms with van der Waals surface area (Å²) >= 11 is 0. The first-order chi connectivity index (χ1) is 15.0. The number of aliphatic hydroxyl groups excluding tert-OH is 1. The van der Waals surface area contributed by atoms with E-state index >= 15 is 0 Å². The zero-order valence-corrected chi connectivity index (χ0v) is 18.0. The molecule has 0 saturated carbocycles. The summed E-state index contributed by atoms with van der Waals surface area (Å²) in [6.45, 7) is 12.3. The van der Waals surface area contributed by atoms with E-state index in [0.29, 0.717) is 30.1 Å². The van der Waals surface area contributed by atoms with E-state index in [0.717, 1.165) is 42.3 Å². The Morgan fingerprint density at radius 1 is 1.03 bits per heavy atom. The fraction of sp³-hybridized carbons (Fsp3) is 0.400. The Hall–Kier alpha value is -3.17. The van der Waals surface area contributed by atoms with Crippen molar-refractivity contribution in [1.29, 1.82) is 0 Å². The first-order valence-electron chi connectivity index (χ1n) is 11.0. The minimum Gasteiger partial charge on any atom is -0.393 e. The Morgan fingerprint density at radius 2 is 1.81 bits per heavy atom. The van der Waals surface area contributed by atoms with Crippen LogP contribution in [0, 0.1) is 20.4 Å². The molecule has 3 heterocycles. The van der Waals surface area contributed by atoms with E-state index in [9.17, 15) is 5.11 Å². The van der Waals surface area contributed by atoms with Gasteiger partial charge in [-0.15, -0.1) is 10.2 Å². The van der Waals surface area contributed by atoms with Crippen LogP contribution in [0.25, 0.3) is 15.6 Å². The summed E-state index contributed by atoms with van der Waals surface area (Å²) in [6.07, 6.45) is 3.51. The summed E-state index contributed by atoms with van der Waals surface area (Å²) in [4.78, 5) is 5.99. The lowest BCUT2D eigenvalue weighted by Crippen LogP contribution is -2.45. The molecule has 0 aliphatic carbocycles. The molecule has 31 heavy (non-hydrogen) atoms. The SMILES string of the molecule is [C-]#[N+]c1ccc2c(N3C4CCC3CC(O)C4)nnc(NCc3ccc(C)c(C)c3)c2c1. The average molecular weight is 414 g/mol. The number of hydrogen-bond donors (Lipinski definition) is 2. The van der Waals surface area contributed by atoms with Crippen molar-refractivity contribution in [3.63, 3.8) is 0 Å². The Bertz CT molecular complexity index is 1170. The normalized spacial score (nSPS) is 22.5. The second-order valence-corrected chi connectivity index (χ2v) is 8.90. The van der Waals surface area contributed by atoms with Crippen molar-refractivity contribution < 1.29 is 5.11 Å². The minimum atomic E-state index is -0.222. The number of hydrogen-bond acceptors (Lipinski definition) is 5. The van der Waals surface area contributed by atoms with Crippen molar-refractivity contribution in [3.8, 4) is 0 Å². The van der Waals surface area contributed by atoms with Crippen LogP contribution in [-0.4, -0.2) is 33.5 Å². The van der Waals surface area contributed by atoms with Crippen molar-refractivity contribution in [2.45, 2.75) is 64.3 Å². The highest BCUT2D eigenvalue weighted by molar-refractivity contribution is 6.00. The van der Waals surface area contributed by atoms with Crippen LogP contribution in [0.1, 0.15) is 42.4 Å². The van der Waals surface area contributed by atoms with Gasteiger partial charge >= 0.3 is 0 Å². The summed E-state index contributed by atoms with van der Waals surface area (Å²) in [7, 11) is 0. The number of aryl methyl sites for hydroxylation is 2. The molecule has 0 radical (unpaired) electrons. The maximum atomic E-state index is 10.2. The molecule has 6 heteroatoms. The van der Waals surface area contributed by atoms with E-state index in [2.05, 4.69) is 57.3 Å². The van der Waals surface area contributed by atoms with Crippen molar-refractivity contribution in [3.05, 3.63) is 64.5 Å². The molecule has 3 aromatic rings. The molecular formula is C25H27N5O. The highest BCUT2D eigenvalue weighted by Crippen LogP contribution is 2.42. The van der Waals surface area contributed by atoms with Crippen molar-refractivity contribution in [1.82, 2.24) is 10.2 Å². The van der Waals surface area contributed by atoms with Crippen molar-refractivity contribution in [2.24, 2.45) is 0 Å². The Labute approximate surface area is 182 Å². The van der Waals surface area contributed by atoms with Gasteiger partial charge in [0, 0.05) is 29.4 Å². The molecule has 2 atom stereocenters. The van der Waals surface area contributed by atoms with Gasteiger partial charge in [-0.3, -0.25) is 0 Å². The maximum Gasteiger partial charge on any atom is 0.188 e. The number of aromatic nitrogens is 2. The van der Waals surface area contributed by atoms with Gasteiger partial charge in [-0.2, -0.15) is 0 Å². The van der Waals surface area contributed by atoms with E-state index in [1.54, 1.807) is 0 Å². The molecule has 6 nitrogen and oxygen atoms in total. The molecule has 5 rings (SSSR count). The fourth-order valence-electron chi connectivity index (χ4n) is 5.11. The lowest BCUT2D eigenvalue weighted by molar-refractivity contribution is 0.126. The van der Waals surface area contributed by atoms with Crippen LogP contribution in [0.3, 0.4) is 0 Å². The van der Waals surface area contributed by atoms with Crippen LogP contribution in [-0.2, 0) is 6.54 Å². The molecule has 0 amide bonds. The molecule has 2 aromatic carbocycles. The molecule has 2 N–H and O–H groups in total. The van der Waals surface area contributed by atoms with Crippen molar-refractivity contribution >= 4 is 28.1 Å². The molecule has 2 unspecified atom stereocenters. The quantitative estimate of drug-likeness (QED) is 0.596. The molecular weight excluding hydrogens is 386 g/mol. The Morgan fingerprint density at radius 3 is 2.52 bits per heavy atom. The first kappa shape index (κ1) is 19.8. The van der Waals surface area contributed by atoms with Gasteiger partial charge in [0.15, 0.2) is 17.3 Å². The predicted octanol–water partition coefficient (Wildman–Crippen LogP) is 4.90. The minimum absolute atomic E-state index is 0.222. The van der Waals surface area contributed by atoms with E-state index < -0.39 is 0 Å². The molecule has 2 bridgehead atoms. The second-order valence-electron chi connectivity index (χ2n) is 8.90. The first-order valence-corrected chi connectivity index (χ1v) is 11.0. The zero-order chi connectivity index (χ0) is 21.5. The highest BCUT2D eigenvalue weighted by atomic mass is 16.3. The van der Waals surface area contributed by atoms with Gasteiger partial charge < -0.3 is 15.3 Å². The van der Waals surface area contributed by atoms with Gasteiger partial charge in [0.05, 0.1) is 12.7 Å². The second kappa shape index (κ2) is 7.82. The molecule has 2 aliphatic rings. The Kier molecular flexibility index (Phi) is 4.99. The van der Waals surface area contributed by atoms with Gasteiger partial charge in [-0.1, -0.05) is 30.3 Å². The maximum absolute atomic E-state index is 10.2. The summed E-state index contributed by atoms with van der Waals surface area (Å²) in [5.74, 6) is 1.58. The number of anilines is 2. The number of fused-ring (bicyclic) bond motifs is 3. The zero-order valence-electron chi connectivity index (χ0n) is 18.0. The van der Waals surface area contributed by atoms with E-state index in [1.165, 1.54) is 16.7 Å². The molecule has 158 valence electrons. The van der Waals surface area contributed by atoms with E-state index in [4.69, 9.17) is 6.57 Å². The van der Waals surface area contributed by atoms with Crippen LogP contribution in [0.2, 0.25) is 0 Å². The average Bonchev–Trinajstić information content (AvgIpc) is 3.04. The molecule has 2 aliphatic heterocycles. The molecule has 0 spiro atoms. The lowest BCUT2D eigenvalue weighted by atomic mass is 9.99. The van der Waals surface area contributed by atoms with Gasteiger partial charge in [-0.05, 0) is 62.3 Å². The monoisotopic (exact) mass is 413 g/mol. The van der Waals surface area contributed by atoms with Crippen LogP contribution >= 0.6 is 0 Å². The van der Waals surface area contributed by atoms with E-state index in [1.807, 2.05) is 18.2 Å². The van der Waals surface area contributed by atoms with Gasteiger partial charge in [0.25, 0.3) is 0 Å². The number of piperidine rings is 1. The van der Waals surface area contributed by atoms with Crippen LogP contribution in [0.4, 0.5) is 17.3 Å². The van der Waals surface area contributed by atoms with Crippen LogP contribution in [0.5, 0.6) is 0 Å². The smallest absolute Gasteiger partial charge is 0.188 e. The number of benzene rings is 2. The van der Waals surface area contributed by atoms with Gasteiger partial charge in [-0.25, -0.2) is 4.85 Å². The van der Waals surface area contributed by atoms with Crippen LogP contribution < -0.4 is 10.2 Å². The number of aliphatic hydroxyl groups is 1. The summed E-state index contributed by atoms with van der Waals surface area (Å²) < 4.78 is 0. The summed E-state index contributed by atoms with van der Waals surface area (Å²) in [5, 5.41) is 24.8. The fourth-order valence-corrected chi connectivity index (χ4v) is 5.11. The Balaban J connectivity index is 1.52. The molecule has 1 aromatic heterocycles. The third kappa shape index (κ3) is 3.60. The lowest BCUT2D eigenvalue weighted by Gasteiger charge is -2.38.